The fraction of sp³-hybridized carbons (Fsp3) is 0.632. The monoisotopic (exact) mass is 306 g/mol. The van der Waals surface area contributed by atoms with Crippen molar-refractivity contribution >= 4 is 11.3 Å². The standard InChI is InChI=1S/C19H30OS/c1-5-10-16(7-3)12-14-19(8-4,13-6-2)18(20)17-11-9-15-21-17/h9,11,14-15,18,20H,5-8,10,13H2,1-4H3. The topological polar surface area (TPSA) is 20.2 Å². The zero-order chi connectivity index (χ0) is 15.7. The van der Waals surface area contributed by atoms with Crippen LogP contribution in [0.5, 0.6) is 0 Å². The number of rotatable bonds is 9. The van der Waals surface area contributed by atoms with Crippen molar-refractivity contribution in [1.82, 2.24) is 0 Å². The minimum atomic E-state index is -0.422. The van der Waals surface area contributed by atoms with Crippen LogP contribution in [0.25, 0.3) is 0 Å². The molecular weight excluding hydrogens is 276 g/mol. The molecule has 0 radical (unpaired) electrons. The highest BCUT2D eigenvalue weighted by atomic mass is 32.1. The molecule has 0 aliphatic heterocycles. The molecule has 0 aliphatic rings. The van der Waals surface area contributed by atoms with E-state index in [1.54, 1.807) is 11.3 Å². The summed E-state index contributed by atoms with van der Waals surface area (Å²) in [4.78, 5) is 1.07. The molecule has 0 saturated carbocycles. The van der Waals surface area contributed by atoms with Gasteiger partial charge in [-0.15, -0.1) is 17.1 Å². The number of hydrogen-bond donors (Lipinski definition) is 1. The van der Waals surface area contributed by atoms with Gasteiger partial charge in [-0.1, -0.05) is 46.6 Å². The van der Waals surface area contributed by atoms with Gasteiger partial charge in [0.15, 0.2) is 0 Å². The summed E-state index contributed by atoms with van der Waals surface area (Å²) in [5.41, 5.74) is 4.70. The fourth-order valence-electron chi connectivity index (χ4n) is 2.85. The largest absolute Gasteiger partial charge is 0.387 e. The third-order valence-electron chi connectivity index (χ3n) is 4.27. The van der Waals surface area contributed by atoms with Crippen molar-refractivity contribution in [2.75, 3.05) is 0 Å². The molecule has 1 N–H and O–H groups in total. The van der Waals surface area contributed by atoms with E-state index < -0.39 is 6.10 Å². The van der Waals surface area contributed by atoms with E-state index in [4.69, 9.17) is 0 Å². The lowest BCUT2D eigenvalue weighted by atomic mass is 9.75. The third kappa shape index (κ3) is 4.85. The van der Waals surface area contributed by atoms with E-state index in [2.05, 4.69) is 39.5 Å². The maximum absolute atomic E-state index is 10.9. The molecule has 1 heterocycles. The van der Waals surface area contributed by atoms with E-state index in [9.17, 15) is 5.11 Å². The van der Waals surface area contributed by atoms with Crippen LogP contribution < -0.4 is 0 Å². The van der Waals surface area contributed by atoms with Crippen LogP contribution in [0.15, 0.2) is 34.9 Å². The predicted octanol–water partition coefficient (Wildman–Crippen LogP) is 6.27. The number of aliphatic hydroxyl groups is 1. The highest BCUT2D eigenvalue weighted by molar-refractivity contribution is 7.10. The first-order valence-electron chi connectivity index (χ1n) is 8.30. The highest BCUT2D eigenvalue weighted by Gasteiger charge is 2.34. The molecule has 1 rings (SSSR count). The Hall–Kier alpha value is -0.820. The van der Waals surface area contributed by atoms with Crippen molar-refractivity contribution in [3.63, 3.8) is 0 Å². The first-order chi connectivity index (χ1) is 10.1. The Morgan fingerprint density at radius 1 is 1.33 bits per heavy atom. The van der Waals surface area contributed by atoms with Crippen LogP contribution in [0.1, 0.15) is 77.2 Å². The zero-order valence-electron chi connectivity index (χ0n) is 14.0. The SMILES string of the molecule is CCCC(=C=CC(CC)(CCC)C(O)c1cccs1)CC. The Kier molecular flexibility index (Phi) is 8.03. The van der Waals surface area contributed by atoms with E-state index in [0.717, 1.165) is 43.4 Å². The van der Waals surface area contributed by atoms with E-state index in [0.29, 0.717) is 0 Å². The summed E-state index contributed by atoms with van der Waals surface area (Å²) in [6, 6.07) is 4.06. The van der Waals surface area contributed by atoms with Gasteiger partial charge in [0.2, 0.25) is 0 Å². The van der Waals surface area contributed by atoms with Crippen molar-refractivity contribution in [3.05, 3.63) is 39.8 Å². The minimum absolute atomic E-state index is 0.187. The molecule has 118 valence electrons. The lowest BCUT2D eigenvalue weighted by molar-refractivity contribution is 0.0504. The average Bonchev–Trinajstić information content (AvgIpc) is 3.03. The molecule has 1 aromatic rings. The Morgan fingerprint density at radius 2 is 2.10 bits per heavy atom. The molecule has 0 amide bonds. The molecule has 0 fully saturated rings. The van der Waals surface area contributed by atoms with Gasteiger partial charge in [0.25, 0.3) is 0 Å². The molecule has 0 spiro atoms. The number of hydrogen-bond acceptors (Lipinski definition) is 2. The van der Waals surface area contributed by atoms with Crippen LogP contribution in [0.2, 0.25) is 0 Å². The summed E-state index contributed by atoms with van der Waals surface area (Å²) in [7, 11) is 0. The van der Waals surface area contributed by atoms with Gasteiger partial charge in [-0.25, -0.2) is 0 Å². The summed E-state index contributed by atoms with van der Waals surface area (Å²) in [6.07, 6.45) is 8.08. The Morgan fingerprint density at radius 3 is 2.57 bits per heavy atom. The summed E-state index contributed by atoms with van der Waals surface area (Å²) >= 11 is 1.64. The molecule has 0 aromatic carbocycles. The van der Waals surface area contributed by atoms with Gasteiger partial charge < -0.3 is 5.11 Å². The lowest BCUT2D eigenvalue weighted by Crippen LogP contribution is -2.25. The Labute approximate surface area is 134 Å². The highest BCUT2D eigenvalue weighted by Crippen LogP contribution is 2.43. The fourth-order valence-corrected chi connectivity index (χ4v) is 3.69. The summed E-state index contributed by atoms with van der Waals surface area (Å²) < 4.78 is 0. The number of aliphatic hydroxyl groups excluding tert-OH is 1. The first kappa shape index (κ1) is 18.2. The van der Waals surface area contributed by atoms with Crippen LogP contribution in [-0.4, -0.2) is 5.11 Å². The molecule has 1 aromatic heterocycles. The van der Waals surface area contributed by atoms with Gasteiger partial charge >= 0.3 is 0 Å². The zero-order valence-corrected chi connectivity index (χ0v) is 14.8. The molecule has 1 nitrogen and oxygen atoms in total. The van der Waals surface area contributed by atoms with Crippen LogP contribution in [0.3, 0.4) is 0 Å². The normalized spacial score (nSPS) is 15.1. The van der Waals surface area contributed by atoms with E-state index >= 15 is 0 Å². The maximum atomic E-state index is 10.9. The minimum Gasteiger partial charge on any atom is -0.387 e. The second-order valence-corrected chi connectivity index (χ2v) is 6.73. The van der Waals surface area contributed by atoms with Gasteiger partial charge in [-0.05, 0) is 48.8 Å². The molecule has 2 unspecified atom stereocenters. The van der Waals surface area contributed by atoms with Crippen molar-refractivity contribution in [1.29, 1.82) is 0 Å². The first-order valence-corrected chi connectivity index (χ1v) is 9.18. The van der Waals surface area contributed by atoms with Gasteiger partial charge in [0, 0.05) is 10.3 Å². The second kappa shape index (κ2) is 9.25. The third-order valence-corrected chi connectivity index (χ3v) is 5.20. The summed E-state index contributed by atoms with van der Waals surface area (Å²) in [6.45, 7) is 8.76. The molecule has 0 aliphatic carbocycles. The van der Waals surface area contributed by atoms with Gasteiger partial charge in [0.05, 0.1) is 6.10 Å². The van der Waals surface area contributed by atoms with Crippen LogP contribution >= 0.6 is 11.3 Å². The summed E-state index contributed by atoms with van der Waals surface area (Å²) in [5, 5.41) is 12.9. The van der Waals surface area contributed by atoms with Crippen molar-refractivity contribution in [2.24, 2.45) is 5.41 Å². The van der Waals surface area contributed by atoms with Crippen molar-refractivity contribution in [2.45, 2.75) is 72.3 Å². The second-order valence-electron chi connectivity index (χ2n) is 5.75. The van der Waals surface area contributed by atoms with Crippen LogP contribution in [0.4, 0.5) is 0 Å². The predicted molar refractivity (Wildman–Crippen MR) is 93.7 cm³/mol. The van der Waals surface area contributed by atoms with Gasteiger partial charge in [-0.2, -0.15) is 0 Å². The molecule has 2 heteroatoms. The quantitative estimate of drug-likeness (QED) is 0.533. The van der Waals surface area contributed by atoms with Crippen molar-refractivity contribution in [3.8, 4) is 0 Å². The van der Waals surface area contributed by atoms with Crippen molar-refractivity contribution < 1.29 is 5.11 Å². The van der Waals surface area contributed by atoms with Gasteiger partial charge in [0.1, 0.15) is 0 Å². The smallest absolute Gasteiger partial charge is 0.0978 e. The van der Waals surface area contributed by atoms with Crippen LogP contribution in [-0.2, 0) is 0 Å². The molecular formula is C19H30OS. The molecule has 0 saturated heterocycles. The summed E-state index contributed by atoms with van der Waals surface area (Å²) in [5.74, 6) is 0. The molecule has 2 atom stereocenters. The van der Waals surface area contributed by atoms with E-state index in [-0.39, 0.29) is 5.41 Å². The van der Waals surface area contributed by atoms with E-state index in [1.807, 2.05) is 17.5 Å². The average molecular weight is 307 g/mol. The Bertz CT molecular complexity index is 454. The van der Waals surface area contributed by atoms with E-state index in [1.165, 1.54) is 5.57 Å². The van der Waals surface area contributed by atoms with Gasteiger partial charge in [-0.3, -0.25) is 0 Å². The number of thiophene rings is 1. The molecule has 0 bridgehead atoms. The Balaban J connectivity index is 3.16. The molecule has 21 heavy (non-hydrogen) atoms. The van der Waals surface area contributed by atoms with Crippen LogP contribution in [0, 0.1) is 5.41 Å². The maximum Gasteiger partial charge on any atom is 0.0978 e. The lowest BCUT2D eigenvalue weighted by Gasteiger charge is -2.33.